The van der Waals surface area contributed by atoms with Gasteiger partial charge < -0.3 is 4.81 Å². The first-order valence-electron chi connectivity index (χ1n) is 8.62. The molecule has 2 aromatic heterocycles. The number of anilines is 1. The molecule has 0 bridgehead atoms. The van der Waals surface area contributed by atoms with Gasteiger partial charge >= 0.3 is 0 Å². The highest BCUT2D eigenvalue weighted by atomic mass is 15.3. The molecule has 1 aliphatic rings. The number of benzene rings is 1. The van der Waals surface area contributed by atoms with Crippen molar-refractivity contribution in [2.45, 2.75) is 39.0 Å². The zero-order valence-electron chi connectivity index (χ0n) is 14.4. The van der Waals surface area contributed by atoms with Crippen LogP contribution in [0, 0.1) is 18.3 Å². The van der Waals surface area contributed by atoms with E-state index in [2.05, 4.69) is 52.1 Å². The molecule has 1 fully saturated rings. The Bertz CT molecular complexity index is 941. The Morgan fingerprint density at radius 1 is 1.32 bits per heavy atom. The molecule has 0 N–H and O–H groups in total. The van der Waals surface area contributed by atoms with Crippen molar-refractivity contribution in [3.63, 3.8) is 0 Å². The highest BCUT2D eigenvalue weighted by Gasteiger charge is 2.36. The van der Waals surface area contributed by atoms with Gasteiger partial charge in [-0.05, 0) is 26.1 Å². The van der Waals surface area contributed by atoms with Crippen molar-refractivity contribution in [1.29, 1.82) is 5.26 Å². The smallest absolute Gasteiger partial charge is 0.258 e. The number of aromatic nitrogens is 4. The van der Waals surface area contributed by atoms with Gasteiger partial charge in [0.05, 0.1) is 6.20 Å². The Labute approximate surface area is 147 Å². The molecule has 0 spiro atoms. The maximum absolute atomic E-state index is 9.29. The van der Waals surface area contributed by atoms with Crippen LogP contribution in [0.15, 0.2) is 36.5 Å². The molecule has 2 heterocycles. The fourth-order valence-corrected chi connectivity index (χ4v) is 3.37. The van der Waals surface area contributed by atoms with Crippen LogP contribution in [0.25, 0.3) is 5.65 Å². The van der Waals surface area contributed by atoms with Gasteiger partial charge in [-0.3, -0.25) is 0 Å². The van der Waals surface area contributed by atoms with Crippen molar-refractivity contribution in [3.05, 3.63) is 53.6 Å². The van der Waals surface area contributed by atoms with Crippen LogP contribution in [0.5, 0.6) is 0 Å². The predicted octanol–water partition coefficient (Wildman–Crippen LogP) is 2.68. The van der Waals surface area contributed by atoms with Crippen molar-refractivity contribution in [2.75, 3.05) is 4.81 Å². The lowest BCUT2D eigenvalue weighted by atomic mass is 9.58. The summed E-state index contributed by atoms with van der Waals surface area (Å²) in [6, 6.07) is 13.1. The summed E-state index contributed by atoms with van der Waals surface area (Å²) in [6.07, 6.45) is 4.85. The van der Waals surface area contributed by atoms with Gasteiger partial charge in [0, 0.05) is 6.04 Å². The Morgan fingerprint density at radius 2 is 2.08 bits per heavy atom. The number of nitriles is 1. The minimum absolute atomic E-state index is 0.287. The molecule has 4 rings (SSSR count). The number of rotatable bonds is 5. The van der Waals surface area contributed by atoms with Gasteiger partial charge in [-0.25, -0.2) is 9.97 Å². The summed E-state index contributed by atoms with van der Waals surface area (Å²) in [7, 11) is 0. The van der Waals surface area contributed by atoms with Gasteiger partial charge in [0.2, 0.25) is 0 Å². The third-order valence-electron chi connectivity index (χ3n) is 4.60. The summed E-state index contributed by atoms with van der Waals surface area (Å²) in [5.41, 5.74) is 2.41. The van der Waals surface area contributed by atoms with Crippen LogP contribution in [0.4, 0.5) is 5.82 Å². The van der Waals surface area contributed by atoms with Crippen molar-refractivity contribution in [1.82, 2.24) is 19.6 Å². The minimum Gasteiger partial charge on any atom is -0.394 e. The molecule has 0 atom stereocenters. The molecule has 0 amide bonds. The normalized spacial score (nSPS) is 13.6. The number of fused-ring (bicyclic) bond motifs is 1. The van der Waals surface area contributed by atoms with Gasteiger partial charge in [-0.1, -0.05) is 42.7 Å². The largest absolute Gasteiger partial charge is 0.394 e. The van der Waals surface area contributed by atoms with E-state index in [1.54, 1.807) is 10.7 Å². The van der Waals surface area contributed by atoms with E-state index >= 15 is 0 Å². The van der Waals surface area contributed by atoms with Crippen LogP contribution in [0.1, 0.15) is 29.9 Å². The molecule has 3 aromatic rings. The van der Waals surface area contributed by atoms with E-state index in [0.717, 1.165) is 12.1 Å². The number of hydrogen-bond acceptors (Lipinski definition) is 5. The molecule has 1 saturated carbocycles. The molecule has 0 unspecified atom stereocenters. The van der Waals surface area contributed by atoms with Crippen LogP contribution < -0.4 is 4.81 Å². The third kappa shape index (κ3) is 2.96. The van der Waals surface area contributed by atoms with Crippen LogP contribution in [0.3, 0.4) is 0 Å². The first-order chi connectivity index (χ1) is 12.2. The zero-order valence-corrected chi connectivity index (χ0v) is 14.4. The number of imidazole rings is 1. The summed E-state index contributed by atoms with van der Waals surface area (Å²) in [4.78, 5) is 11.5. The van der Waals surface area contributed by atoms with Crippen LogP contribution in [-0.2, 0) is 6.32 Å². The van der Waals surface area contributed by atoms with Crippen molar-refractivity contribution >= 4 is 18.3 Å². The average molecular weight is 330 g/mol. The maximum Gasteiger partial charge on any atom is 0.258 e. The van der Waals surface area contributed by atoms with Crippen LogP contribution >= 0.6 is 0 Å². The molecule has 6 nitrogen and oxygen atoms in total. The van der Waals surface area contributed by atoms with E-state index in [4.69, 9.17) is 4.98 Å². The van der Waals surface area contributed by atoms with Gasteiger partial charge in [0.15, 0.2) is 17.2 Å². The Kier molecular flexibility index (Phi) is 3.88. The zero-order chi connectivity index (χ0) is 17.4. The van der Waals surface area contributed by atoms with E-state index in [1.807, 2.05) is 13.0 Å². The molecule has 25 heavy (non-hydrogen) atoms. The number of nitrogens with zero attached hydrogens (tertiary/aromatic N) is 6. The molecule has 124 valence electrons. The molecule has 0 radical (unpaired) electrons. The van der Waals surface area contributed by atoms with Gasteiger partial charge in [0.25, 0.3) is 6.85 Å². The number of hydrogen-bond donors (Lipinski definition) is 0. The molecule has 1 aliphatic carbocycles. The van der Waals surface area contributed by atoms with Gasteiger partial charge in [0.1, 0.15) is 11.9 Å². The summed E-state index contributed by atoms with van der Waals surface area (Å²) in [6.45, 7) is 4.37. The molecule has 1 aromatic carbocycles. The maximum atomic E-state index is 9.29. The SMILES string of the molecule is CB(Cc1ccccc1)N(c1nc(C)nn2c(C#N)cnc12)C1CC1. The lowest BCUT2D eigenvalue weighted by Crippen LogP contribution is -2.42. The first kappa shape index (κ1) is 15.6. The highest BCUT2D eigenvalue weighted by molar-refractivity contribution is 6.61. The second-order valence-corrected chi connectivity index (χ2v) is 6.65. The minimum atomic E-state index is 0.287. The van der Waals surface area contributed by atoms with E-state index in [0.29, 0.717) is 23.2 Å². The Hall–Kier alpha value is -2.88. The van der Waals surface area contributed by atoms with E-state index in [9.17, 15) is 5.26 Å². The summed E-state index contributed by atoms with van der Waals surface area (Å²) in [5.74, 6) is 1.48. The first-order valence-corrected chi connectivity index (χ1v) is 8.62. The fraction of sp³-hybridized carbons (Fsp3) is 0.333. The Morgan fingerprint density at radius 3 is 2.76 bits per heavy atom. The lowest BCUT2D eigenvalue weighted by Gasteiger charge is -2.29. The van der Waals surface area contributed by atoms with E-state index in [-0.39, 0.29) is 6.85 Å². The topological polar surface area (TPSA) is 70.1 Å². The monoisotopic (exact) mass is 330 g/mol. The average Bonchev–Trinajstić information content (AvgIpc) is 3.34. The molecule has 0 saturated heterocycles. The predicted molar refractivity (Wildman–Crippen MR) is 97.5 cm³/mol. The summed E-state index contributed by atoms with van der Waals surface area (Å²) >= 11 is 0. The molecular weight excluding hydrogens is 311 g/mol. The number of aryl methyl sites for hydroxylation is 1. The second kappa shape index (κ2) is 6.21. The van der Waals surface area contributed by atoms with Crippen LogP contribution in [0.2, 0.25) is 6.82 Å². The van der Waals surface area contributed by atoms with Crippen molar-refractivity contribution in [2.24, 2.45) is 0 Å². The van der Waals surface area contributed by atoms with E-state index in [1.165, 1.54) is 18.4 Å². The van der Waals surface area contributed by atoms with E-state index < -0.39 is 0 Å². The van der Waals surface area contributed by atoms with Gasteiger partial charge in [-0.15, -0.1) is 0 Å². The van der Waals surface area contributed by atoms with Crippen molar-refractivity contribution in [3.8, 4) is 6.07 Å². The van der Waals surface area contributed by atoms with Crippen LogP contribution in [-0.4, -0.2) is 32.5 Å². The molecule has 0 aliphatic heterocycles. The second-order valence-electron chi connectivity index (χ2n) is 6.65. The fourth-order valence-electron chi connectivity index (χ4n) is 3.37. The third-order valence-corrected chi connectivity index (χ3v) is 4.60. The molecular formula is C18H19BN6. The van der Waals surface area contributed by atoms with Crippen molar-refractivity contribution < 1.29 is 0 Å². The lowest BCUT2D eigenvalue weighted by molar-refractivity contribution is 0.827. The van der Waals surface area contributed by atoms with Gasteiger partial charge in [-0.2, -0.15) is 14.9 Å². The summed E-state index contributed by atoms with van der Waals surface area (Å²) in [5, 5.41) is 13.7. The Balaban J connectivity index is 1.75. The quantitative estimate of drug-likeness (QED) is 0.673. The standard InChI is InChI=1S/C18H19BN6/c1-13-22-18(17-21-12-16(11-20)25(17)23-13)24(15-8-9-15)19(2)10-14-6-4-3-5-7-14/h3-7,12,15H,8-10H2,1-2H3. The summed E-state index contributed by atoms with van der Waals surface area (Å²) < 4.78 is 1.61. The highest BCUT2D eigenvalue weighted by Crippen LogP contribution is 2.34. The molecule has 7 heteroatoms.